The molecule has 0 atom stereocenters. The molecule has 3 aromatic rings. The molecule has 3 aromatic carbocycles. The number of ether oxygens (including phenoxy) is 1. The van der Waals surface area contributed by atoms with Crippen molar-refractivity contribution in [1.29, 1.82) is 0 Å². The Kier molecular flexibility index (Phi) is 8.42. The van der Waals surface area contributed by atoms with Gasteiger partial charge in [0.25, 0.3) is 5.91 Å². The maximum atomic E-state index is 12.5. The summed E-state index contributed by atoms with van der Waals surface area (Å²) >= 11 is 0.652. The normalized spacial score (nSPS) is 10.9. The summed E-state index contributed by atoms with van der Waals surface area (Å²) in [6.45, 7) is -0.139. The number of para-hydroxylation sites is 3. The molecule has 34 heavy (non-hydrogen) atoms. The number of anilines is 3. The summed E-state index contributed by atoms with van der Waals surface area (Å²) in [4.78, 5) is 25.2. The molecule has 0 unspecified atom stereocenters. The maximum absolute atomic E-state index is 12.5. The summed E-state index contributed by atoms with van der Waals surface area (Å²) in [5.41, 5.74) is 1.83. The van der Waals surface area contributed by atoms with Gasteiger partial charge in [0, 0.05) is 21.8 Å². The number of nitrogens with one attached hydrogen (secondary N) is 3. The van der Waals surface area contributed by atoms with E-state index in [4.69, 9.17) is 4.74 Å². The molecule has 0 aliphatic heterocycles. The predicted molar refractivity (Wildman–Crippen MR) is 128 cm³/mol. The number of benzene rings is 3. The number of carbonyl (C=O) groups is 2. The van der Waals surface area contributed by atoms with Gasteiger partial charge in [0.15, 0.2) is 0 Å². The topological polar surface area (TPSA) is 79.5 Å². The van der Waals surface area contributed by atoms with E-state index in [-0.39, 0.29) is 18.4 Å². The number of hydrogen-bond donors (Lipinski definition) is 3. The second-order valence-corrected chi connectivity index (χ2v) is 8.05. The Hall–Kier alpha value is -3.66. The Morgan fingerprint density at radius 1 is 0.882 bits per heavy atom. The molecule has 0 saturated heterocycles. The summed E-state index contributed by atoms with van der Waals surface area (Å²) in [7, 11) is 1.51. The fourth-order valence-corrected chi connectivity index (χ4v) is 3.72. The third-order valence-corrected chi connectivity index (χ3v) is 5.64. The van der Waals surface area contributed by atoms with Crippen LogP contribution >= 0.6 is 11.8 Å². The zero-order chi connectivity index (χ0) is 24.6. The molecular formula is C24H22F3N3O3S. The quantitative estimate of drug-likeness (QED) is 0.339. The van der Waals surface area contributed by atoms with Gasteiger partial charge in [-0.2, -0.15) is 13.2 Å². The molecule has 3 rings (SSSR count). The van der Waals surface area contributed by atoms with Crippen LogP contribution in [0.3, 0.4) is 0 Å². The van der Waals surface area contributed by atoms with Crippen molar-refractivity contribution in [1.82, 2.24) is 0 Å². The van der Waals surface area contributed by atoms with E-state index < -0.39 is 11.9 Å². The lowest BCUT2D eigenvalue weighted by Crippen LogP contribution is -2.22. The molecule has 2 amide bonds. The van der Waals surface area contributed by atoms with Crippen LogP contribution in [0, 0.1) is 0 Å². The summed E-state index contributed by atoms with van der Waals surface area (Å²) in [6.07, 6.45) is -4.29. The maximum Gasteiger partial charge on any atom is 0.398 e. The predicted octanol–water partition coefficient (Wildman–Crippen LogP) is 5.65. The average Bonchev–Trinajstić information content (AvgIpc) is 2.82. The Labute approximate surface area is 198 Å². The van der Waals surface area contributed by atoms with Crippen molar-refractivity contribution >= 4 is 40.6 Å². The lowest BCUT2D eigenvalue weighted by Gasteiger charge is -2.13. The molecule has 0 spiro atoms. The molecule has 0 aromatic heterocycles. The Morgan fingerprint density at radius 3 is 2.21 bits per heavy atom. The van der Waals surface area contributed by atoms with Crippen LogP contribution in [-0.4, -0.2) is 37.4 Å². The second-order valence-electron chi connectivity index (χ2n) is 7.03. The van der Waals surface area contributed by atoms with E-state index in [9.17, 15) is 22.8 Å². The zero-order valence-corrected chi connectivity index (χ0v) is 18.9. The van der Waals surface area contributed by atoms with Gasteiger partial charge < -0.3 is 20.7 Å². The van der Waals surface area contributed by atoms with Crippen molar-refractivity contribution < 1.29 is 27.5 Å². The Morgan fingerprint density at radius 2 is 1.53 bits per heavy atom. The molecule has 0 aliphatic carbocycles. The van der Waals surface area contributed by atoms with Gasteiger partial charge >= 0.3 is 6.18 Å². The molecule has 178 valence electrons. The lowest BCUT2D eigenvalue weighted by atomic mass is 10.2. The molecule has 0 heterocycles. The minimum absolute atomic E-state index is 0.139. The van der Waals surface area contributed by atoms with Crippen molar-refractivity contribution in [2.45, 2.75) is 11.1 Å². The molecule has 6 nitrogen and oxygen atoms in total. The molecule has 0 radical (unpaired) electrons. The number of thioether (sulfide) groups is 1. The zero-order valence-electron chi connectivity index (χ0n) is 18.1. The fourth-order valence-electron chi connectivity index (χ4n) is 2.93. The standard InChI is InChI=1S/C24H22F3N3O3S/c1-33-20-8-4-2-6-18(20)30-23(32)16-10-12-17(13-11-16)29-22(31)14-28-19-7-3-5-9-21(19)34-15-24(25,26)27/h2-13,28H,14-15H2,1H3,(H,29,31)(H,30,32). The summed E-state index contributed by atoms with van der Waals surface area (Å²) in [6, 6.07) is 19.8. The Bertz CT molecular complexity index is 1140. The fraction of sp³-hybridized carbons (Fsp3) is 0.167. The second kappa shape index (κ2) is 11.5. The molecular weight excluding hydrogens is 467 g/mol. The number of rotatable bonds is 9. The number of alkyl halides is 3. The minimum atomic E-state index is -4.29. The molecule has 0 saturated carbocycles. The summed E-state index contributed by atoms with van der Waals surface area (Å²) < 4.78 is 42.8. The molecule has 0 bridgehead atoms. The van der Waals surface area contributed by atoms with E-state index in [2.05, 4.69) is 16.0 Å². The van der Waals surface area contributed by atoms with E-state index in [0.29, 0.717) is 45.0 Å². The van der Waals surface area contributed by atoms with Crippen LogP contribution in [0.1, 0.15) is 10.4 Å². The van der Waals surface area contributed by atoms with Gasteiger partial charge in [-0.1, -0.05) is 24.3 Å². The monoisotopic (exact) mass is 489 g/mol. The van der Waals surface area contributed by atoms with E-state index in [1.807, 2.05) is 0 Å². The van der Waals surface area contributed by atoms with Crippen LogP contribution in [0.15, 0.2) is 77.7 Å². The Balaban J connectivity index is 1.54. The third-order valence-electron chi connectivity index (χ3n) is 4.50. The molecule has 0 fully saturated rings. The first-order valence-electron chi connectivity index (χ1n) is 10.1. The first-order chi connectivity index (χ1) is 16.2. The largest absolute Gasteiger partial charge is 0.495 e. The van der Waals surface area contributed by atoms with Gasteiger partial charge in [-0.05, 0) is 48.5 Å². The van der Waals surface area contributed by atoms with Crippen molar-refractivity contribution in [2.24, 2.45) is 0 Å². The van der Waals surface area contributed by atoms with Gasteiger partial charge in [-0.3, -0.25) is 9.59 Å². The van der Waals surface area contributed by atoms with E-state index >= 15 is 0 Å². The van der Waals surface area contributed by atoms with E-state index in [0.717, 1.165) is 0 Å². The SMILES string of the molecule is COc1ccccc1NC(=O)c1ccc(NC(=O)CNc2ccccc2SCC(F)(F)F)cc1. The van der Waals surface area contributed by atoms with Crippen LogP contribution in [0.4, 0.5) is 30.2 Å². The van der Waals surface area contributed by atoms with Crippen molar-refractivity contribution in [3.05, 3.63) is 78.4 Å². The number of halogens is 3. The van der Waals surface area contributed by atoms with Gasteiger partial charge in [0.2, 0.25) is 5.91 Å². The van der Waals surface area contributed by atoms with Crippen molar-refractivity contribution in [3.63, 3.8) is 0 Å². The molecule has 0 aliphatic rings. The third kappa shape index (κ3) is 7.45. The number of amides is 2. The highest BCUT2D eigenvalue weighted by Crippen LogP contribution is 2.32. The molecule has 3 N–H and O–H groups in total. The smallest absolute Gasteiger partial charge is 0.398 e. The van der Waals surface area contributed by atoms with E-state index in [1.54, 1.807) is 72.8 Å². The minimum Gasteiger partial charge on any atom is -0.495 e. The van der Waals surface area contributed by atoms with Gasteiger partial charge in [0.05, 0.1) is 25.1 Å². The van der Waals surface area contributed by atoms with Crippen LogP contribution in [0.5, 0.6) is 5.75 Å². The first-order valence-corrected chi connectivity index (χ1v) is 11.1. The summed E-state index contributed by atoms with van der Waals surface area (Å²) in [5.74, 6) is -1.21. The average molecular weight is 490 g/mol. The number of methoxy groups -OCH3 is 1. The van der Waals surface area contributed by atoms with E-state index in [1.165, 1.54) is 7.11 Å². The van der Waals surface area contributed by atoms with Gasteiger partial charge in [0.1, 0.15) is 5.75 Å². The van der Waals surface area contributed by atoms with Crippen LogP contribution in [0.25, 0.3) is 0 Å². The lowest BCUT2D eigenvalue weighted by molar-refractivity contribution is -0.114. The highest BCUT2D eigenvalue weighted by molar-refractivity contribution is 7.99. The molecule has 10 heteroatoms. The van der Waals surface area contributed by atoms with Gasteiger partial charge in [-0.15, -0.1) is 11.8 Å². The number of hydrogen-bond acceptors (Lipinski definition) is 5. The highest BCUT2D eigenvalue weighted by Gasteiger charge is 2.27. The van der Waals surface area contributed by atoms with Crippen LogP contribution < -0.4 is 20.7 Å². The summed E-state index contributed by atoms with van der Waals surface area (Å²) in [5, 5.41) is 8.31. The highest BCUT2D eigenvalue weighted by atomic mass is 32.2. The van der Waals surface area contributed by atoms with Crippen LogP contribution in [-0.2, 0) is 4.79 Å². The first kappa shape index (κ1) is 25.0. The van der Waals surface area contributed by atoms with Crippen molar-refractivity contribution in [3.8, 4) is 5.75 Å². The van der Waals surface area contributed by atoms with Crippen molar-refractivity contribution in [2.75, 3.05) is 35.4 Å². The van der Waals surface area contributed by atoms with Gasteiger partial charge in [-0.25, -0.2) is 0 Å². The number of carbonyl (C=O) groups excluding carboxylic acids is 2. The van der Waals surface area contributed by atoms with Crippen LogP contribution in [0.2, 0.25) is 0 Å².